The molecule has 0 amide bonds. The molecule has 262 valence electrons. The fourth-order valence-corrected chi connectivity index (χ4v) is 8.00. The number of para-hydroxylation sites is 4. The van der Waals surface area contributed by atoms with Crippen molar-refractivity contribution in [1.82, 2.24) is 9.97 Å². The summed E-state index contributed by atoms with van der Waals surface area (Å²) >= 11 is 0. The number of nitrogens with zero attached hydrogens (tertiary/aromatic N) is 2. The maximum Gasteiger partial charge on any atom is 0.161 e. The van der Waals surface area contributed by atoms with Gasteiger partial charge in [0.2, 0.25) is 0 Å². The van der Waals surface area contributed by atoms with Crippen LogP contribution >= 0.6 is 0 Å². The van der Waals surface area contributed by atoms with Crippen molar-refractivity contribution in [3.05, 3.63) is 194 Å². The zero-order chi connectivity index (χ0) is 37.0. The number of aromatic nitrogens is 2. The lowest BCUT2D eigenvalue weighted by Crippen LogP contribution is -1.98. The SMILES string of the molecule is c1ccc(-c2ccc(-c3ccc(-c4nc(-c5cccc6c5oc5ccccc56)cc(-c5cccc6c5oc5ccccc56)n4)c(-c4ccccc4)c3)cc2)cc1. The molecule has 0 bridgehead atoms. The summed E-state index contributed by atoms with van der Waals surface area (Å²) in [6, 6.07) is 67.3. The highest BCUT2D eigenvalue weighted by Gasteiger charge is 2.21. The number of benzene rings is 8. The highest BCUT2D eigenvalue weighted by atomic mass is 16.3. The lowest BCUT2D eigenvalue weighted by molar-refractivity contribution is 0.669. The Labute approximate surface area is 323 Å². The fourth-order valence-electron chi connectivity index (χ4n) is 8.00. The van der Waals surface area contributed by atoms with Gasteiger partial charge in [0.15, 0.2) is 5.82 Å². The molecule has 3 aromatic heterocycles. The van der Waals surface area contributed by atoms with Crippen LogP contribution in [0.3, 0.4) is 0 Å². The van der Waals surface area contributed by atoms with E-state index in [0.29, 0.717) is 5.82 Å². The van der Waals surface area contributed by atoms with Crippen molar-refractivity contribution in [2.24, 2.45) is 0 Å². The van der Waals surface area contributed by atoms with E-state index in [4.69, 9.17) is 18.8 Å². The molecule has 4 heteroatoms. The lowest BCUT2D eigenvalue weighted by atomic mass is 9.93. The van der Waals surface area contributed by atoms with Crippen LogP contribution in [0, 0.1) is 0 Å². The summed E-state index contributed by atoms with van der Waals surface area (Å²) in [5.74, 6) is 0.614. The Morgan fingerprint density at radius 1 is 0.286 bits per heavy atom. The zero-order valence-electron chi connectivity index (χ0n) is 30.2. The Kier molecular flexibility index (Phi) is 7.46. The molecule has 0 atom stereocenters. The molecule has 0 fully saturated rings. The van der Waals surface area contributed by atoms with Gasteiger partial charge < -0.3 is 8.83 Å². The maximum absolute atomic E-state index is 6.55. The van der Waals surface area contributed by atoms with Crippen LogP contribution < -0.4 is 0 Å². The third-order valence-corrected chi connectivity index (χ3v) is 10.8. The smallest absolute Gasteiger partial charge is 0.161 e. The molecule has 0 saturated carbocycles. The Hall–Kier alpha value is -7.56. The topological polar surface area (TPSA) is 52.1 Å². The van der Waals surface area contributed by atoms with Crippen LogP contribution in [-0.4, -0.2) is 9.97 Å². The second-order valence-corrected chi connectivity index (χ2v) is 14.1. The number of furan rings is 2. The number of hydrogen-bond acceptors (Lipinski definition) is 4. The second kappa shape index (κ2) is 13.1. The Morgan fingerprint density at radius 3 is 1.30 bits per heavy atom. The average molecular weight is 717 g/mol. The number of fused-ring (bicyclic) bond motifs is 6. The molecule has 0 saturated heterocycles. The van der Waals surface area contributed by atoms with Crippen LogP contribution in [0.25, 0.3) is 111 Å². The third-order valence-electron chi connectivity index (χ3n) is 10.8. The average Bonchev–Trinajstić information content (AvgIpc) is 3.86. The van der Waals surface area contributed by atoms with Crippen molar-refractivity contribution in [3.8, 4) is 67.3 Å². The van der Waals surface area contributed by atoms with E-state index in [9.17, 15) is 0 Å². The second-order valence-electron chi connectivity index (χ2n) is 14.1. The fraction of sp³-hybridized carbons (Fsp3) is 0. The van der Waals surface area contributed by atoms with Crippen molar-refractivity contribution in [1.29, 1.82) is 0 Å². The molecule has 0 N–H and O–H groups in total. The molecule has 11 aromatic rings. The van der Waals surface area contributed by atoms with Gasteiger partial charge in [0.1, 0.15) is 22.3 Å². The molecule has 56 heavy (non-hydrogen) atoms. The van der Waals surface area contributed by atoms with E-state index in [-0.39, 0.29) is 0 Å². The molecule has 0 aliphatic rings. The maximum atomic E-state index is 6.55. The van der Waals surface area contributed by atoms with Crippen LogP contribution in [0.15, 0.2) is 203 Å². The summed E-state index contributed by atoms with van der Waals surface area (Å²) in [5, 5.41) is 4.24. The highest BCUT2D eigenvalue weighted by Crippen LogP contribution is 2.41. The molecule has 3 heterocycles. The normalized spacial score (nSPS) is 11.6. The van der Waals surface area contributed by atoms with Gasteiger partial charge in [0.25, 0.3) is 0 Å². The summed E-state index contributed by atoms with van der Waals surface area (Å²) in [6.07, 6.45) is 0. The monoisotopic (exact) mass is 716 g/mol. The Balaban J connectivity index is 1.14. The highest BCUT2D eigenvalue weighted by molar-refractivity contribution is 6.11. The summed E-state index contributed by atoms with van der Waals surface area (Å²) in [5.41, 5.74) is 14.3. The first-order chi connectivity index (χ1) is 27.7. The van der Waals surface area contributed by atoms with E-state index in [1.165, 1.54) is 11.1 Å². The van der Waals surface area contributed by atoms with Crippen LogP contribution in [0.4, 0.5) is 0 Å². The van der Waals surface area contributed by atoms with E-state index in [2.05, 4.69) is 146 Å². The Morgan fingerprint density at radius 2 is 0.732 bits per heavy atom. The third kappa shape index (κ3) is 5.39. The first-order valence-electron chi connectivity index (χ1n) is 18.8. The standard InChI is InChI=1S/C52H32N2O2/c1-3-13-33(14-4-1)34-25-27-35(28-26-34)37-29-30-42(45(31-37)36-15-5-2-6-16-36)52-53-46(43-21-11-19-40-38-17-7-9-23-48(38)55-50(40)43)32-47(54-52)44-22-12-20-41-39-18-8-10-24-49(39)56-51(41)44/h1-32H. The first-order valence-corrected chi connectivity index (χ1v) is 18.8. The van der Waals surface area contributed by atoms with E-state index in [0.717, 1.165) is 94.2 Å². The van der Waals surface area contributed by atoms with Crippen molar-refractivity contribution >= 4 is 43.9 Å². The molecule has 0 aliphatic heterocycles. The van der Waals surface area contributed by atoms with Gasteiger partial charge in [-0.2, -0.15) is 0 Å². The van der Waals surface area contributed by atoms with Gasteiger partial charge in [-0.05, 0) is 75.8 Å². The molecular weight excluding hydrogens is 685 g/mol. The number of hydrogen-bond donors (Lipinski definition) is 0. The van der Waals surface area contributed by atoms with Crippen molar-refractivity contribution < 1.29 is 8.83 Å². The van der Waals surface area contributed by atoms with E-state index < -0.39 is 0 Å². The molecule has 0 unspecified atom stereocenters. The van der Waals surface area contributed by atoms with Crippen molar-refractivity contribution in [3.63, 3.8) is 0 Å². The number of rotatable bonds is 6. The largest absolute Gasteiger partial charge is 0.455 e. The molecular formula is C52H32N2O2. The predicted octanol–water partition coefficient (Wildman–Crippen LogP) is 14.3. The van der Waals surface area contributed by atoms with Crippen LogP contribution in [0.1, 0.15) is 0 Å². The van der Waals surface area contributed by atoms with Gasteiger partial charge in [-0.25, -0.2) is 9.97 Å². The molecule has 0 radical (unpaired) electrons. The molecule has 0 aliphatic carbocycles. The van der Waals surface area contributed by atoms with Crippen LogP contribution in [0.2, 0.25) is 0 Å². The van der Waals surface area contributed by atoms with Gasteiger partial charge in [0, 0.05) is 38.2 Å². The van der Waals surface area contributed by atoms with Gasteiger partial charge >= 0.3 is 0 Å². The molecule has 4 nitrogen and oxygen atoms in total. The summed E-state index contributed by atoms with van der Waals surface area (Å²) in [7, 11) is 0. The summed E-state index contributed by atoms with van der Waals surface area (Å²) in [4.78, 5) is 10.7. The summed E-state index contributed by atoms with van der Waals surface area (Å²) in [6.45, 7) is 0. The predicted molar refractivity (Wildman–Crippen MR) is 229 cm³/mol. The first kappa shape index (κ1) is 31.9. The van der Waals surface area contributed by atoms with Crippen molar-refractivity contribution in [2.45, 2.75) is 0 Å². The van der Waals surface area contributed by atoms with Crippen LogP contribution in [-0.2, 0) is 0 Å². The minimum atomic E-state index is 0.614. The van der Waals surface area contributed by atoms with Crippen molar-refractivity contribution in [2.75, 3.05) is 0 Å². The molecule has 11 rings (SSSR count). The molecule has 8 aromatic carbocycles. The van der Waals surface area contributed by atoms with E-state index in [1.54, 1.807) is 0 Å². The van der Waals surface area contributed by atoms with Gasteiger partial charge in [-0.15, -0.1) is 0 Å². The minimum absolute atomic E-state index is 0.614. The van der Waals surface area contributed by atoms with Gasteiger partial charge in [0.05, 0.1) is 11.4 Å². The van der Waals surface area contributed by atoms with Crippen LogP contribution in [0.5, 0.6) is 0 Å². The quantitative estimate of drug-likeness (QED) is 0.172. The lowest BCUT2D eigenvalue weighted by Gasteiger charge is -2.15. The minimum Gasteiger partial charge on any atom is -0.455 e. The van der Waals surface area contributed by atoms with Gasteiger partial charge in [-0.1, -0.05) is 152 Å². The Bertz CT molecular complexity index is 3100. The van der Waals surface area contributed by atoms with E-state index in [1.807, 2.05) is 48.5 Å². The van der Waals surface area contributed by atoms with Gasteiger partial charge in [-0.3, -0.25) is 0 Å². The zero-order valence-corrected chi connectivity index (χ0v) is 30.2. The molecule has 0 spiro atoms. The summed E-state index contributed by atoms with van der Waals surface area (Å²) < 4.78 is 13.1. The van der Waals surface area contributed by atoms with E-state index >= 15 is 0 Å².